The van der Waals surface area contributed by atoms with Crippen LogP contribution in [0.1, 0.15) is 36.4 Å². The second-order valence-corrected chi connectivity index (χ2v) is 8.27. The number of Topliss-reactive ketones (excluding diaryl/α,β-unsaturated/α-hetero) is 1. The van der Waals surface area contributed by atoms with Crippen molar-refractivity contribution in [1.82, 2.24) is 19.7 Å². The molecular weight excluding hydrogens is 362 g/mol. The van der Waals surface area contributed by atoms with Crippen LogP contribution in [-0.2, 0) is 11.2 Å². The molecule has 0 bridgehead atoms. The highest BCUT2D eigenvalue weighted by Crippen LogP contribution is 2.29. The predicted molar refractivity (Wildman–Crippen MR) is 115 cm³/mol. The van der Waals surface area contributed by atoms with E-state index >= 15 is 0 Å². The van der Waals surface area contributed by atoms with Crippen LogP contribution >= 0.6 is 0 Å². The Hall–Kier alpha value is -2.99. The molecule has 0 saturated carbocycles. The van der Waals surface area contributed by atoms with Crippen molar-refractivity contribution < 1.29 is 4.79 Å². The van der Waals surface area contributed by atoms with Crippen molar-refractivity contribution in [2.45, 2.75) is 39.3 Å². The molecule has 1 fully saturated rings. The number of nitrogens with zero attached hydrogens (tertiary/aromatic N) is 4. The van der Waals surface area contributed by atoms with E-state index in [1.165, 1.54) is 0 Å². The van der Waals surface area contributed by atoms with Gasteiger partial charge in [-0.05, 0) is 56.2 Å². The maximum Gasteiger partial charge on any atom is 0.171 e. The molecule has 1 aliphatic heterocycles. The van der Waals surface area contributed by atoms with Gasteiger partial charge in [0.2, 0.25) is 0 Å². The third-order valence-electron chi connectivity index (χ3n) is 5.86. The number of imidazole rings is 1. The number of hydrogen-bond donors (Lipinski definition) is 1. The first-order valence-corrected chi connectivity index (χ1v) is 10.2. The van der Waals surface area contributed by atoms with Crippen LogP contribution < -0.4 is 10.2 Å². The molecule has 6 heteroatoms. The molecule has 6 nitrogen and oxygen atoms in total. The molecule has 2 aliphatic rings. The molecule has 2 atom stereocenters. The van der Waals surface area contributed by atoms with Crippen LogP contribution in [0.2, 0.25) is 0 Å². The first kappa shape index (κ1) is 18.1. The van der Waals surface area contributed by atoms with E-state index in [0.29, 0.717) is 24.1 Å². The number of rotatable bonds is 2. The Kier molecular flexibility index (Phi) is 4.24. The molecule has 5 rings (SSSR count). The number of pyridine rings is 2. The summed E-state index contributed by atoms with van der Waals surface area (Å²) in [5.41, 5.74) is 5.25. The van der Waals surface area contributed by atoms with Crippen molar-refractivity contribution in [3.63, 3.8) is 0 Å². The minimum Gasteiger partial charge on any atom is -0.351 e. The number of carbonyl (C=O) groups excluding carboxylic acids is 1. The number of anilines is 1. The summed E-state index contributed by atoms with van der Waals surface area (Å²) in [4.78, 5) is 24.8. The van der Waals surface area contributed by atoms with Gasteiger partial charge in [-0.1, -0.05) is 6.07 Å². The van der Waals surface area contributed by atoms with Gasteiger partial charge in [0.05, 0.1) is 17.8 Å². The number of aryl methyl sites for hydroxylation is 1. The number of hydrogen-bond acceptors (Lipinski definition) is 5. The zero-order valence-corrected chi connectivity index (χ0v) is 17.0. The lowest BCUT2D eigenvalue weighted by atomic mass is 9.93. The Labute approximate surface area is 170 Å². The van der Waals surface area contributed by atoms with Crippen molar-refractivity contribution in [1.29, 1.82) is 0 Å². The summed E-state index contributed by atoms with van der Waals surface area (Å²) in [5, 5.41) is 3.50. The average molecular weight is 387 g/mol. The third-order valence-corrected chi connectivity index (χ3v) is 5.86. The molecular formula is C23H25N5O. The van der Waals surface area contributed by atoms with Crippen LogP contribution in [-0.4, -0.2) is 45.3 Å². The number of aromatic nitrogens is 3. The molecule has 0 amide bonds. The fourth-order valence-electron chi connectivity index (χ4n) is 4.21. The van der Waals surface area contributed by atoms with E-state index in [0.717, 1.165) is 47.1 Å². The van der Waals surface area contributed by atoms with Crippen LogP contribution in [0.5, 0.6) is 0 Å². The zero-order chi connectivity index (χ0) is 20.1. The molecule has 1 N–H and O–H groups in total. The van der Waals surface area contributed by atoms with E-state index < -0.39 is 0 Å². The molecule has 4 heterocycles. The number of allylic oxidation sites excluding steroid dienone is 1. The highest BCUT2D eigenvalue weighted by Gasteiger charge is 2.27. The van der Waals surface area contributed by atoms with Crippen LogP contribution in [0.4, 0.5) is 5.82 Å². The number of ketones is 1. The van der Waals surface area contributed by atoms with Gasteiger partial charge >= 0.3 is 0 Å². The standard InChI is InChI=1S/C23H25N5O/c1-14-4-6-22-26-20(13-27(22)11-14)18-8-17-5-7-23(25-19(17)9-21(18)29)28-12-15(2)24-10-16(28)3/h4-8,11,13,15-16,24H,9-10,12H2,1-3H3/t15?,16-/m1/s1. The minimum atomic E-state index is 0.0732. The third kappa shape index (κ3) is 3.23. The molecule has 29 heavy (non-hydrogen) atoms. The van der Waals surface area contributed by atoms with Gasteiger partial charge in [0, 0.05) is 43.1 Å². The van der Waals surface area contributed by atoms with Crippen LogP contribution in [0, 0.1) is 6.92 Å². The van der Waals surface area contributed by atoms with Crippen molar-refractivity contribution >= 4 is 28.9 Å². The van der Waals surface area contributed by atoms with Gasteiger partial charge in [-0.3, -0.25) is 4.79 Å². The van der Waals surface area contributed by atoms with E-state index in [4.69, 9.17) is 4.98 Å². The van der Waals surface area contributed by atoms with Crippen LogP contribution in [0.25, 0.3) is 17.3 Å². The fraction of sp³-hybridized carbons (Fsp3) is 0.348. The average Bonchev–Trinajstić information content (AvgIpc) is 3.11. The molecule has 3 aromatic rings. The van der Waals surface area contributed by atoms with Gasteiger partial charge in [-0.25, -0.2) is 9.97 Å². The molecule has 148 valence electrons. The molecule has 1 saturated heterocycles. The first-order chi connectivity index (χ1) is 14.0. The predicted octanol–water partition coefficient (Wildman–Crippen LogP) is 2.89. The Balaban J connectivity index is 1.50. The van der Waals surface area contributed by atoms with Crippen molar-refractivity contribution in [3.8, 4) is 0 Å². The number of piperazine rings is 1. The lowest BCUT2D eigenvalue weighted by molar-refractivity contribution is -0.113. The second-order valence-electron chi connectivity index (χ2n) is 8.27. The van der Waals surface area contributed by atoms with Crippen LogP contribution in [0.15, 0.2) is 36.7 Å². The van der Waals surface area contributed by atoms with E-state index in [1.807, 2.05) is 41.9 Å². The summed E-state index contributed by atoms with van der Waals surface area (Å²) in [6.45, 7) is 8.29. The summed E-state index contributed by atoms with van der Waals surface area (Å²) in [6, 6.07) is 8.97. The fourth-order valence-corrected chi connectivity index (χ4v) is 4.21. The Morgan fingerprint density at radius 2 is 1.97 bits per heavy atom. The summed E-state index contributed by atoms with van der Waals surface area (Å²) in [5.74, 6) is 1.03. The largest absolute Gasteiger partial charge is 0.351 e. The molecule has 3 aromatic heterocycles. The quantitative estimate of drug-likeness (QED) is 0.733. The van der Waals surface area contributed by atoms with Crippen molar-refractivity contribution in [2.75, 3.05) is 18.0 Å². The van der Waals surface area contributed by atoms with Gasteiger partial charge in [0.1, 0.15) is 11.5 Å². The summed E-state index contributed by atoms with van der Waals surface area (Å²) in [7, 11) is 0. The molecule has 0 radical (unpaired) electrons. The normalized spacial score (nSPS) is 22.0. The maximum absolute atomic E-state index is 12.9. The van der Waals surface area contributed by atoms with Gasteiger partial charge in [0.25, 0.3) is 0 Å². The SMILES string of the molecule is Cc1ccc2nc(C3=Cc4ccc(N5CC(C)NC[C@H]5C)nc4CC3=O)cn2c1. The first-order valence-electron chi connectivity index (χ1n) is 10.2. The minimum absolute atomic E-state index is 0.0732. The highest BCUT2D eigenvalue weighted by atomic mass is 16.1. The van der Waals surface area contributed by atoms with Crippen LogP contribution in [0.3, 0.4) is 0 Å². The van der Waals surface area contributed by atoms with Gasteiger partial charge in [-0.2, -0.15) is 0 Å². The summed E-state index contributed by atoms with van der Waals surface area (Å²) >= 11 is 0. The second kappa shape index (κ2) is 6.81. The van der Waals surface area contributed by atoms with Crippen molar-refractivity contribution in [2.24, 2.45) is 0 Å². The molecule has 1 unspecified atom stereocenters. The number of fused-ring (bicyclic) bond motifs is 2. The van der Waals surface area contributed by atoms with E-state index in [-0.39, 0.29) is 5.78 Å². The number of carbonyl (C=O) groups is 1. The van der Waals surface area contributed by atoms with E-state index in [1.54, 1.807) is 0 Å². The lowest BCUT2D eigenvalue weighted by Gasteiger charge is -2.38. The van der Waals surface area contributed by atoms with Gasteiger partial charge < -0.3 is 14.6 Å². The highest BCUT2D eigenvalue weighted by molar-refractivity contribution is 6.27. The molecule has 0 spiro atoms. The molecule has 0 aromatic carbocycles. The maximum atomic E-state index is 12.9. The van der Waals surface area contributed by atoms with Crippen molar-refractivity contribution in [3.05, 3.63) is 59.2 Å². The Bertz CT molecular complexity index is 1150. The lowest BCUT2D eigenvalue weighted by Crippen LogP contribution is -2.54. The molecule has 1 aliphatic carbocycles. The topological polar surface area (TPSA) is 62.5 Å². The number of nitrogens with one attached hydrogen (secondary N) is 1. The van der Waals surface area contributed by atoms with E-state index in [9.17, 15) is 4.79 Å². The van der Waals surface area contributed by atoms with Gasteiger partial charge in [-0.15, -0.1) is 0 Å². The summed E-state index contributed by atoms with van der Waals surface area (Å²) < 4.78 is 1.97. The Morgan fingerprint density at radius 1 is 1.10 bits per heavy atom. The van der Waals surface area contributed by atoms with E-state index in [2.05, 4.69) is 41.2 Å². The summed E-state index contributed by atoms with van der Waals surface area (Å²) in [6.07, 6.45) is 6.22. The smallest absolute Gasteiger partial charge is 0.171 e. The zero-order valence-electron chi connectivity index (χ0n) is 17.0. The monoisotopic (exact) mass is 387 g/mol. The Morgan fingerprint density at radius 3 is 2.83 bits per heavy atom. The van der Waals surface area contributed by atoms with Gasteiger partial charge in [0.15, 0.2) is 5.78 Å².